The van der Waals surface area contributed by atoms with Crippen LogP contribution < -0.4 is 5.32 Å². The minimum Gasteiger partial charge on any atom is -0.332 e. The Bertz CT molecular complexity index is 711. The van der Waals surface area contributed by atoms with Gasteiger partial charge < -0.3 is 5.32 Å². The number of nitrogens with zero attached hydrogens (tertiary/aromatic N) is 1. The predicted molar refractivity (Wildman–Crippen MR) is 68.6 cm³/mol. The van der Waals surface area contributed by atoms with E-state index in [4.69, 9.17) is 5.26 Å². The molecule has 0 aliphatic carbocycles. The summed E-state index contributed by atoms with van der Waals surface area (Å²) in [5.74, 6) is -5.70. The molecule has 0 aliphatic rings. The molecule has 2 rings (SSSR count). The minimum absolute atomic E-state index is 0.497. The molecule has 0 saturated heterocycles. The van der Waals surface area contributed by atoms with E-state index < -0.39 is 35.0 Å². The van der Waals surface area contributed by atoms with Gasteiger partial charge >= 0.3 is 0 Å². The van der Waals surface area contributed by atoms with Crippen molar-refractivity contribution in [3.63, 3.8) is 0 Å². The third kappa shape index (κ3) is 3.03. The summed E-state index contributed by atoms with van der Waals surface area (Å²) >= 11 is 0. The highest BCUT2D eigenvalue weighted by molar-refractivity contribution is 5.95. The Hall–Kier alpha value is -2.81. The molecule has 0 aromatic heterocycles. The summed E-state index contributed by atoms with van der Waals surface area (Å²) in [6.07, 6.45) is 0. The van der Waals surface area contributed by atoms with Crippen molar-refractivity contribution in [3.05, 3.63) is 71.0 Å². The Morgan fingerprint density at radius 2 is 1.71 bits per heavy atom. The fraction of sp³-hybridized carbons (Fsp3) is 0.0667. The summed E-state index contributed by atoms with van der Waals surface area (Å²) in [6.45, 7) is 0. The van der Waals surface area contributed by atoms with Crippen LogP contribution in [0.5, 0.6) is 0 Å². The van der Waals surface area contributed by atoms with Gasteiger partial charge in [0.05, 0.1) is 11.6 Å². The van der Waals surface area contributed by atoms with Crippen LogP contribution in [0.3, 0.4) is 0 Å². The number of rotatable bonds is 3. The number of amides is 1. The Balaban J connectivity index is 2.26. The monoisotopic (exact) mass is 290 g/mol. The van der Waals surface area contributed by atoms with Gasteiger partial charge in [-0.1, -0.05) is 30.3 Å². The molecule has 0 radical (unpaired) electrons. The summed E-state index contributed by atoms with van der Waals surface area (Å²) in [7, 11) is 0. The summed E-state index contributed by atoms with van der Waals surface area (Å²) in [6, 6.07) is 10.6. The predicted octanol–water partition coefficient (Wildman–Crippen LogP) is 3.10. The van der Waals surface area contributed by atoms with E-state index in [-0.39, 0.29) is 0 Å². The van der Waals surface area contributed by atoms with E-state index in [1.807, 2.05) is 6.07 Å². The molecule has 1 amide bonds. The van der Waals surface area contributed by atoms with Crippen LogP contribution in [0.1, 0.15) is 22.0 Å². The van der Waals surface area contributed by atoms with Gasteiger partial charge in [0.2, 0.25) is 0 Å². The largest absolute Gasteiger partial charge is 0.332 e. The molecule has 1 unspecified atom stereocenters. The average molecular weight is 290 g/mol. The SMILES string of the molecule is N#CC(NC(=O)c1ccc(F)c(F)c1F)c1ccccc1. The van der Waals surface area contributed by atoms with Gasteiger partial charge in [0.25, 0.3) is 5.91 Å². The minimum atomic E-state index is -1.73. The van der Waals surface area contributed by atoms with E-state index in [0.29, 0.717) is 11.6 Å². The van der Waals surface area contributed by atoms with Gasteiger partial charge in [0.15, 0.2) is 17.5 Å². The molecule has 21 heavy (non-hydrogen) atoms. The smallest absolute Gasteiger partial charge is 0.255 e. The van der Waals surface area contributed by atoms with E-state index in [2.05, 4.69) is 5.32 Å². The molecule has 0 fully saturated rings. The lowest BCUT2D eigenvalue weighted by Crippen LogP contribution is -2.28. The van der Waals surface area contributed by atoms with Crippen molar-refractivity contribution in [2.75, 3.05) is 0 Å². The molecule has 0 aliphatic heterocycles. The zero-order chi connectivity index (χ0) is 15.4. The van der Waals surface area contributed by atoms with Gasteiger partial charge in [-0.25, -0.2) is 13.2 Å². The summed E-state index contributed by atoms with van der Waals surface area (Å²) in [5, 5.41) is 11.3. The molecule has 6 heteroatoms. The zero-order valence-corrected chi connectivity index (χ0v) is 10.6. The first-order valence-electron chi connectivity index (χ1n) is 5.93. The van der Waals surface area contributed by atoms with E-state index in [9.17, 15) is 18.0 Å². The van der Waals surface area contributed by atoms with Crippen molar-refractivity contribution in [2.45, 2.75) is 6.04 Å². The average Bonchev–Trinajstić information content (AvgIpc) is 2.51. The fourth-order valence-corrected chi connectivity index (χ4v) is 1.75. The van der Waals surface area contributed by atoms with Crippen LogP contribution in [0.2, 0.25) is 0 Å². The van der Waals surface area contributed by atoms with Gasteiger partial charge in [-0.2, -0.15) is 5.26 Å². The number of nitrogens with one attached hydrogen (secondary N) is 1. The normalized spacial score (nSPS) is 11.5. The third-order valence-corrected chi connectivity index (χ3v) is 2.82. The maximum atomic E-state index is 13.5. The molecule has 0 heterocycles. The van der Waals surface area contributed by atoms with Crippen molar-refractivity contribution in [1.82, 2.24) is 5.32 Å². The highest BCUT2D eigenvalue weighted by atomic mass is 19.2. The Morgan fingerprint density at radius 1 is 1.05 bits per heavy atom. The maximum absolute atomic E-state index is 13.5. The molecular weight excluding hydrogens is 281 g/mol. The molecule has 106 valence electrons. The number of carbonyl (C=O) groups is 1. The Labute approximate surface area is 118 Å². The van der Waals surface area contributed by atoms with Crippen LogP contribution >= 0.6 is 0 Å². The molecule has 2 aromatic rings. The summed E-state index contributed by atoms with van der Waals surface area (Å²) in [4.78, 5) is 11.9. The lowest BCUT2D eigenvalue weighted by molar-refractivity contribution is 0.0940. The van der Waals surface area contributed by atoms with Crippen molar-refractivity contribution in [2.24, 2.45) is 0 Å². The van der Waals surface area contributed by atoms with Crippen molar-refractivity contribution in [1.29, 1.82) is 5.26 Å². The number of hydrogen-bond acceptors (Lipinski definition) is 2. The summed E-state index contributed by atoms with van der Waals surface area (Å²) < 4.78 is 39.4. The van der Waals surface area contributed by atoms with Gasteiger partial charge in [0, 0.05) is 0 Å². The van der Waals surface area contributed by atoms with E-state index in [1.165, 1.54) is 0 Å². The molecule has 2 aromatic carbocycles. The quantitative estimate of drug-likeness (QED) is 0.883. The third-order valence-electron chi connectivity index (χ3n) is 2.82. The van der Waals surface area contributed by atoms with Crippen LogP contribution in [-0.4, -0.2) is 5.91 Å². The highest BCUT2D eigenvalue weighted by Crippen LogP contribution is 2.17. The Morgan fingerprint density at radius 3 is 2.33 bits per heavy atom. The van der Waals surface area contributed by atoms with Gasteiger partial charge in [0.1, 0.15) is 6.04 Å². The molecular formula is C15H9F3N2O. The van der Waals surface area contributed by atoms with Crippen LogP contribution in [0.15, 0.2) is 42.5 Å². The lowest BCUT2D eigenvalue weighted by atomic mass is 10.1. The first-order valence-corrected chi connectivity index (χ1v) is 5.93. The van der Waals surface area contributed by atoms with Crippen LogP contribution in [0.25, 0.3) is 0 Å². The van der Waals surface area contributed by atoms with Gasteiger partial charge in [-0.15, -0.1) is 0 Å². The van der Waals surface area contributed by atoms with Crippen LogP contribution in [0.4, 0.5) is 13.2 Å². The highest BCUT2D eigenvalue weighted by Gasteiger charge is 2.21. The molecule has 1 atom stereocenters. The number of halogens is 3. The number of benzene rings is 2. The van der Waals surface area contributed by atoms with Gasteiger partial charge in [-0.3, -0.25) is 4.79 Å². The van der Waals surface area contributed by atoms with Crippen molar-refractivity contribution in [3.8, 4) is 6.07 Å². The van der Waals surface area contributed by atoms with E-state index >= 15 is 0 Å². The first kappa shape index (κ1) is 14.6. The van der Waals surface area contributed by atoms with Crippen LogP contribution in [0, 0.1) is 28.8 Å². The van der Waals surface area contributed by atoms with Crippen LogP contribution in [-0.2, 0) is 0 Å². The molecule has 0 spiro atoms. The summed E-state index contributed by atoms with van der Waals surface area (Å²) in [5.41, 5.74) is -0.165. The number of hydrogen-bond donors (Lipinski definition) is 1. The Kier molecular flexibility index (Phi) is 4.24. The molecule has 0 saturated carbocycles. The topological polar surface area (TPSA) is 52.9 Å². The maximum Gasteiger partial charge on any atom is 0.255 e. The van der Waals surface area contributed by atoms with E-state index in [1.54, 1.807) is 30.3 Å². The molecule has 3 nitrogen and oxygen atoms in total. The first-order chi connectivity index (χ1) is 10.0. The van der Waals surface area contributed by atoms with Gasteiger partial charge in [-0.05, 0) is 17.7 Å². The number of nitriles is 1. The second-order valence-electron chi connectivity index (χ2n) is 4.17. The zero-order valence-electron chi connectivity index (χ0n) is 10.6. The molecule has 0 bridgehead atoms. The van der Waals surface area contributed by atoms with Crippen molar-refractivity contribution < 1.29 is 18.0 Å². The second kappa shape index (κ2) is 6.09. The van der Waals surface area contributed by atoms with Crippen molar-refractivity contribution >= 4 is 5.91 Å². The fourth-order valence-electron chi connectivity index (χ4n) is 1.75. The second-order valence-corrected chi connectivity index (χ2v) is 4.17. The standard InChI is InChI=1S/C15H9F3N2O/c16-11-7-6-10(13(17)14(11)18)15(21)20-12(8-19)9-4-2-1-3-5-9/h1-7,12H,(H,20,21). The lowest BCUT2D eigenvalue weighted by Gasteiger charge is -2.12. The van der Waals surface area contributed by atoms with E-state index in [0.717, 1.165) is 6.07 Å². The molecule has 1 N–H and O–H groups in total. The number of carbonyl (C=O) groups excluding carboxylic acids is 1.